The molecule has 0 radical (unpaired) electrons. The lowest BCUT2D eigenvalue weighted by atomic mass is 10.1. The van der Waals surface area contributed by atoms with E-state index in [9.17, 15) is 4.79 Å². The number of halogens is 1. The maximum atomic E-state index is 11.9. The lowest BCUT2D eigenvalue weighted by molar-refractivity contribution is 0.0951. The van der Waals surface area contributed by atoms with Crippen molar-refractivity contribution in [3.8, 4) is 0 Å². The van der Waals surface area contributed by atoms with E-state index in [1.54, 1.807) is 29.5 Å². The molecule has 0 aliphatic rings. The van der Waals surface area contributed by atoms with Crippen LogP contribution in [0.3, 0.4) is 0 Å². The molecule has 2 rings (SSSR count). The van der Waals surface area contributed by atoms with Crippen LogP contribution in [-0.4, -0.2) is 5.91 Å². The van der Waals surface area contributed by atoms with E-state index >= 15 is 0 Å². The van der Waals surface area contributed by atoms with Gasteiger partial charge in [0.05, 0.1) is 0 Å². The Bertz CT molecular complexity index is 560. The van der Waals surface area contributed by atoms with Gasteiger partial charge in [0.1, 0.15) is 0 Å². The first-order valence-corrected chi connectivity index (χ1v) is 6.74. The molecule has 0 fully saturated rings. The van der Waals surface area contributed by atoms with Gasteiger partial charge in [-0.25, -0.2) is 0 Å². The van der Waals surface area contributed by atoms with Gasteiger partial charge in [0, 0.05) is 22.8 Å². The Morgan fingerprint density at radius 3 is 2.78 bits per heavy atom. The smallest absolute Gasteiger partial charge is 0.251 e. The zero-order valence-corrected chi connectivity index (χ0v) is 11.4. The number of carbonyl (C=O) groups excluding carboxylic acids is 1. The number of amides is 1. The summed E-state index contributed by atoms with van der Waals surface area (Å²) < 4.78 is 0. The molecule has 1 amide bonds. The zero-order chi connectivity index (χ0) is 13.1. The minimum absolute atomic E-state index is 0.171. The van der Waals surface area contributed by atoms with Crippen LogP contribution in [0, 0.1) is 6.92 Å². The van der Waals surface area contributed by atoms with Crippen molar-refractivity contribution in [2.24, 2.45) is 0 Å². The van der Waals surface area contributed by atoms with E-state index in [2.05, 4.69) is 10.7 Å². The number of carbonyl (C=O) groups is 1. The molecule has 1 aromatic carbocycles. The molecule has 18 heavy (non-hydrogen) atoms. The van der Waals surface area contributed by atoms with Crippen LogP contribution in [0.15, 0.2) is 29.0 Å². The number of rotatable bonds is 3. The molecule has 1 aromatic heterocycles. The topological polar surface area (TPSA) is 55.1 Å². The van der Waals surface area contributed by atoms with Gasteiger partial charge in [-0.3, -0.25) is 4.79 Å². The highest BCUT2D eigenvalue weighted by Gasteiger charge is 2.08. The number of nitrogens with one attached hydrogen (secondary N) is 1. The van der Waals surface area contributed by atoms with Gasteiger partial charge < -0.3 is 11.1 Å². The number of anilines is 1. The SMILES string of the molecule is Cc1cscc1CNC(=O)c1cc(N)cc(Cl)c1. The highest BCUT2D eigenvalue weighted by Crippen LogP contribution is 2.17. The van der Waals surface area contributed by atoms with Crippen LogP contribution in [0.4, 0.5) is 5.69 Å². The normalized spacial score (nSPS) is 10.3. The summed E-state index contributed by atoms with van der Waals surface area (Å²) in [5.41, 5.74) is 8.93. The first-order chi connectivity index (χ1) is 8.56. The minimum atomic E-state index is -0.171. The molecule has 5 heteroatoms. The third-order valence-corrected chi connectivity index (χ3v) is 3.71. The van der Waals surface area contributed by atoms with Crippen molar-refractivity contribution in [1.82, 2.24) is 5.32 Å². The van der Waals surface area contributed by atoms with E-state index in [0.29, 0.717) is 22.8 Å². The van der Waals surface area contributed by atoms with Crippen molar-refractivity contribution in [3.05, 3.63) is 50.7 Å². The molecule has 0 bridgehead atoms. The van der Waals surface area contributed by atoms with Crippen LogP contribution in [0.25, 0.3) is 0 Å². The number of hydrogen-bond donors (Lipinski definition) is 2. The second kappa shape index (κ2) is 5.42. The average molecular weight is 281 g/mol. The van der Waals surface area contributed by atoms with Gasteiger partial charge in [-0.15, -0.1) is 0 Å². The van der Waals surface area contributed by atoms with Gasteiger partial charge in [0.25, 0.3) is 5.91 Å². The van der Waals surface area contributed by atoms with Crippen LogP contribution in [-0.2, 0) is 6.54 Å². The first-order valence-electron chi connectivity index (χ1n) is 5.42. The number of aryl methyl sites for hydroxylation is 1. The number of nitrogen functional groups attached to an aromatic ring is 1. The summed E-state index contributed by atoms with van der Waals surface area (Å²) in [6.45, 7) is 2.54. The molecule has 0 spiro atoms. The fourth-order valence-corrected chi connectivity index (χ4v) is 2.69. The van der Waals surface area contributed by atoms with Crippen molar-refractivity contribution < 1.29 is 4.79 Å². The fourth-order valence-electron chi connectivity index (χ4n) is 1.59. The molecule has 94 valence electrons. The number of hydrogen-bond acceptors (Lipinski definition) is 3. The minimum Gasteiger partial charge on any atom is -0.399 e. The molecule has 3 nitrogen and oxygen atoms in total. The van der Waals surface area contributed by atoms with Crippen LogP contribution < -0.4 is 11.1 Å². The summed E-state index contributed by atoms with van der Waals surface area (Å²) in [5.74, 6) is -0.171. The first kappa shape index (κ1) is 12.9. The number of nitrogens with two attached hydrogens (primary N) is 1. The largest absolute Gasteiger partial charge is 0.399 e. The van der Waals surface area contributed by atoms with Gasteiger partial charge in [-0.05, 0) is 47.0 Å². The summed E-state index contributed by atoms with van der Waals surface area (Å²) in [6, 6.07) is 4.83. The molecule has 0 aliphatic heterocycles. The van der Waals surface area contributed by atoms with Crippen LogP contribution in [0.5, 0.6) is 0 Å². The molecule has 0 unspecified atom stereocenters. The molecule has 1 heterocycles. The molecule has 3 N–H and O–H groups in total. The third-order valence-electron chi connectivity index (χ3n) is 2.58. The predicted molar refractivity (Wildman–Crippen MR) is 76.1 cm³/mol. The summed E-state index contributed by atoms with van der Waals surface area (Å²) in [7, 11) is 0. The Kier molecular flexibility index (Phi) is 3.89. The maximum Gasteiger partial charge on any atom is 0.251 e. The van der Waals surface area contributed by atoms with E-state index in [1.807, 2.05) is 12.3 Å². The van der Waals surface area contributed by atoms with Crippen molar-refractivity contribution in [3.63, 3.8) is 0 Å². The van der Waals surface area contributed by atoms with Crippen LogP contribution >= 0.6 is 22.9 Å². The Morgan fingerprint density at radius 2 is 2.17 bits per heavy atom. The van der Waals surface area contributed by atoms with Gasteiger partial charge >= 0.3 is 0 Å². The van der Waals surface area contributed by atoms with Gasteiger partial charge in [0.15, 0.2) is 0 Å². The summed E-state index contributed by atoms with van der Waals surface area (Å²) in [6.07, 6.45) is 0. The molecule has 0 aliphatic carbocycles. The number of benzene rings is 1. The monoisotopic (exact) mass is 280 g/mol. The summed E-state index contributed by atoms with van der Waals surface area (Å²) in [4.78, 5) is 11.9. The van der Waals surface area contributed by atoms with Gasteiger partial charge in [-0.1, -0.05) is 11.6 Å². The number of thiophene rings is 1. The summed E-state index contributed by atoms with van der Waals surface area (Å²) >= 11 is 7.49. The second-order valence-electron chi connectivity index (χ2n) is 4.04. The highest BCUT2D eigenvalue weighted by molar-refractivity contribution is 7.08. The van der Waals surface area contributed by atoms with E-state index in [-0.39, 0.29) is 5.91 Å². The quantitative estimate of drug-likeness (QED) is 0.848. The molecular weight excluding hydrogens is 268 g/mol. The highest BCUT2D eigenvalue weighted by atomic mass is 35.5. The van der Waals surface area contributed by atoms with E-state index < -0.39 is 0 Å². The summed E-state index contributed by atoms with van der Waals surface area (Å²) in [5, 5.41) is 7.40. The van der Waals surface area contributed by atoms with Crippen molar-refractivity contribution in [2.45, 2.75) is 13.5 Å². The Balaban J connectivity index is 2.06. The van der Waals surface area contributed by atoms with E-state index in [4.69, 9.17) is 17.3 Å². The average Bonchev–Trinajstić information content (AvgIpc) is 2.70. The third kappa shape index (κ3) is 3.03. The lowest BCUT2D eigenvalue weighted by Gasteiger charge is -2.06. The van der Waals surface area contributed by atoms with Crippen LogP contribution in [0.1, 0.15) is 21.5 Å². The van der Waals surface area contributed by atoms with Gasteiger partial charge in [0.2, 0.25) is 0 Å². The standard InChI is InChI=1S/C13H13ClN2OS/c1-8-6-18-7-10(8)5-16-13(17)9-2-11(14)4-12(15)3-9/h2-4,6-7H,5,15H2,1H3,(H,16,17). The molecule has 0 saturated heterocycles. The molecule has 0 saturated carbocycles. The predicted octanol–water partition coefficient (Wildman–Crippen LogP) is 3.22. The molecule has 2 aromatic rings. The van der Waals surface area contributed by atoms with Crippen molar-refractivity contribution in [2.75, 3.05) is 5.73 Å². The molecular formula is C13H13ClN2OS. The van der Waals surface area contributed by atoms with Crippen molar-refractivity contribution >= 4 is 34.5 Å². The lowest BCUT2D eigenvalue weighted by Crippen LogP contribution is -2.23. The molecule has 0 atom stereocenters. The zero-order valence-electron chi connectivity index (χ0n) is 9.87. The van der Waals surface area contributed by atoms with Crippen molar-refractivity contribution in [1.29, 1.82) is 0 Å². The maximum absolute atomic E-state index is 11.9. The Hall–Kier alpha value is -1.52. The van der Waals surface area contributed by atoms with E-state index in [1.165, 1.54) is 5.56 Å². The van der Waals surface area contributed by atoms with Crippen LogP contribution in [0.2, 0.25) is 5.02 Å². The van der Waals surface area contributed by atoms with E-state index in [0.717, 1.165) is 5.56 Å². The van der Waals surface area contributed by atoms with Gasteiger partial charge in [-0.2, -0.15) is 11.3 Å². The Morgan fingerprint density at radius 1 is 1.39 bits per heavy atom. The fraction of sp³-hybridized carbons (Fsp3) is 0.154. The second-order valence-corrected chi connectivity index (χ2v) is 5.22. The Labute approximate surface area is 115 Å².